The number of aromatic carboxylic acids is 1. The first-order valence-corrected chi connectivity index (χ1v) is 9.15. The summed E-state index contributed by atoms with van der Waals surface area (Å²) >= 11 is 6.11. The molecule has 1 atom stereocenters. The molecular formula is C20H19ClN4O4. The normalized spacial score (nSPS) is 12.6. The summed E-state index contributed by atoms with van der Waals surface area (Å²) in [5.74, 6) is -2.23. The summed E-state index contributed by atoms with van der Waals surface area (Å²) in [4.78, 5) is 37.5. The number of benzene rings is 2. The molecular weight excluding hydrogens is 396 g/mol. The second-order valence-electron chi connectivity index (χ2n) is 7.53. The van der Waals surface area contributed by atoms with Gasteiger partial charge in [-0.05, 0) is 30.3 Å². The van der Waals surface area contributed by atoms with Gasteiger partial charge in [-0.3, -0.25) is 9.59 Å². The van der Waals surface area contributed by atoms with E-state index in [9.17, 15) is 19.5 Å². The third-order valence-electron chi connectivity index (χ3n) is 4.33. The van der Waals surface area contributed by atoms with Crippen LogP contribution in [0.2, 0.25) is 5.02 Å². The van der Waals surface area contributed by atoms with Gasteiger partial charge in [0.05, 0.1) is 21.8 Å². The third-order valence-corrected chi connectivity index (χ3v) is 4.66. The van der Waals surface area contributed by atoms with E-state index >= 15 is 0 Å². The molecule has 1 aromatic heterocycles. The molecule has 9 heteroatoms. The fourth-order valence-corrected chi connectivity index (χ4v) is 2.95. The number of nitrogens with one attached hydrogen (secondary N) is 1. The van der Waals surface area contributed by atoms with Crippen molar-refractivity contribution in [1.29, 1.82) is 0 Å². The number of anilines is 1. The van der Waals surface area contributed by atoms with Crippen LogP contribution in [0.3, 0.4) is 0 Å². The largest absolute Gasteiger partial charge is 0.478 e. The van der Waals surface area contributed by atoms with Gasteiger partial charge in [0.1, 0.15) is 5.52 Å². The maximum absolute atomic E-state index is 13.1. The number of nitrogens with zero attached hydrogens (tertiary/aromatic N) is 3. The summed E-state index contributed by atoms with van der Waals surface area (Å²) in [6.45, 7) is 5.10. The number of para-hydroxylation sites is 1. The van der Waals surface area contributed by atoms with Crippen molar-refractivity contribution >= 4 is 46.0 Å². The van der Waals surface area contributed by atoms with Crippen LogP contribution in [0, 0.1) is 5.41 Å². The molecule has 0 fully saturated rings. The first kappa shape index (κ1) is 20.5. The Balaban J connectivity index is 2.06. The van der Waals surface area contributed by atoms with Crippen LogP contribution in [-0.4, -0.2) is 37.8 Å². The maximum atomic E-state index is 13.1. The van der Waals surface area contributed by atoms with Crippen LogP contribution in [0.4, 0.5) is 5.69 Å². The molecule has 3 aromatic rings. The Labute approximate surface area is 171 Å². The lowest BCUT2D eigenvalue weighted by Gasteiger charge is -2.24. The minimum atomic E-state index is -1.31. The maximum Gasteiger partial charge on any atom is 0.335 e. The second kappa shape index (κ2) is 7.63. The zero-order chi connectivity index (χ0) is 21.3. The van der Waals surface area contributed by atoms with Gasteiger partial charge < -0.3 is 10.4 Å². The van der Waals surface area contributed by atoms with Crippen molar-refractivity contribution in [2.45, 2.75) is 26.8 Å². The zero-order valence-electron chi connectivity index (χ0n) is 16.0. The molecule has 0 aliphatic carbocycles. The van der Waals surface area contributed by atoms with Gasteiger partial charge >= 0.3 is 5.97 Å². The van der Waals surface area contributed by atoms with Gasteiger partial charge in [-0.15, -0.1) is 5.10 Å². The topological polar surface area (TPSA) is 114 Å². The first-order valence-electron chi connectivity index (χ1n) is 8.77. The Morgan fingerprint density at radius 1 is 1.14 bits per heavy atom. The van der Waals surface area contributed by atoms with Gasteiger partial charge in [0.25, 0.3) is 5.91 Å². The van der Waals surface area contributed by atoms with E-state index in [1.165, 1.54) is 22.9 Å². The van der Waals surface area contributed by atoms with Crippen molar-refractivity contribution in [2.24, 2.45) is 5.41 Å². The van der Waals surface area contributed by atoms with Crippen molar-refractivity contribution in [2.75, 3.05) is 5.32 Å². The number of amides is 1. The highest BCUT2D eigenvalue weighted by Gasteiger charge is 2.38. The molecule has 0 aliphatic rings. The molecule has 0 radical (unpaired) electrons. The number of hydrogen-bond donors (Lipinski definition) is 2. The first-order chi connectivity index (χ1) is 13.6. The van der Waals surface area contributed by atoms with E-state index in [4.69, 9.17) is 11.6 Å². The standard InChI is InChI=1S/C20H19ClN4O4/c1-20(2,3)17(26)16(25-15-7-5-4-6-13(15)23-24-25)18(27)22-14-10-11(19(28)29)8-9-12(14)21/h4-10,16H,1-3H3,(H,22,27)(H,28,29). The van der Waals surface area contributed by atoms with E-state index in [-0.39, 0.29) is 22.1 Å². The number of carboxylic acids is 1. The number of carbonyl (C=O) groups excluding carboxylic acids is 2. The third kappa shape index (κ3) is 4.12. The molecule has 1 amide bonds. The number of fused-ring (bicyclic) bond motifs is 1. The van der Waals surface area contributed by atoms with Gasteiger partial charge in [-0.1, -0.05) is 49.7 Å². The SMILES string of the molecule is CC(C)(C)C(=O)C(C(=O)Nc1cc(C(=O)O)ccc1Cl)n1nnc2ccccc21. The van der Waals surface area contributed by atoms with Crippen LogP contribution >= 0.6 is 11.6 Å². The van der Waals surface area contributed by atoms with Crippen LogP contribution in [0.15, 0.2) is 42.5 Å². The van der Waals surface area contributed by atoms with Gasteiger partial charge in [0.2, 0.25) is 0 Å². The van der Waals surface area contributed by atoms with E-state index in [1.54, 1.807) is 45.0 Å². The highest BCUT2D eigenvalue weighted by atomic mass is 35.5. The summed E-state index contributed by atoms with van der Waals surface area (Å²) in [5, 5.41) is 19.9. The molecule has 3 rings (SSSR count). The van der Waals surface area contributed by atoms with E-state index in [0.29, 0.717) is 11.0 Å². The van der Waals surface area contributed by atoms with Crippen LogP contribution < -0.4 is 5.32 Å². The summed E-state index contributed by atoms with van der Waals surface area (Å²) in [5.41, 5.74) is 0.262. The number of ketones is 1. The highest BCUT2D eigenvalue weighted by molar-refractivity contribution is 6.34. The van der Waals surface area contributed by atoms with Crippen LogP contribution in [0.25, 0.3) is 11.0 Å². The van der Waals surface area contributed by atoms with Crippen molar-refractivity contribution in [1.82, 2.24) is 15.0 Å². The molecule has 1 heterocycles. The van der Waals surface area contributed by atoms with Gasteiger partial charge in [0, 0.05) is 5.41 Å². The molecule has 2 N–H and O–H groups in total. The quantitative estimate of drug-likeness (QED) is 0.617. The molecule has 0 saturated heterocycles. The molecule has 0 saturated carbocycles. The molecule has 0 aliphatic heterocycles. The van der Waals surface area contributed by atoms with Crippen LogP contribution in [-0.2, 0) is 9.59 Å². The monoisotopic (exact) mass is 414 g/mol. The lowest BCUT2D eigenvalue weighted by Crippen LogP contribution is -2.39. The Hall–Kier alpha value is -3.26. The number of carbonyl (C=O) groups is 3. The molecule has 2 aromatic carbocycles. The molecule has 150 valence electrons. The molecule has 0 bridgehead atoms. The van der Waals surface area contributed by atoms with E-state index < -0.39 is 23.3 Å². The summed E-state index contributed by atoms with van der Waals surface area (Å²) < 4.78 is 1.27. The molecule has 1 unspecified atom stereocenters. The van der Waals surface area contributed by atoms with Gasteiger partial charge in [-0.2, -0.15) is 0 Å². The predicted octanol–water partition coefficient (Wildman–Crippen LogP) is 3.58. The van der Waals surface area contributed by atoms with Crippen molar-refractivity contribution in [3.63, 3.8) is 0 Å². The van der Waals surface area contributed by atoms with E-state index in [1.807, 2.05) is 0 Å². The van der Waals surface area contributed by atoms with Crippen LogP contribution in [0.5, 0.6) is 0 Å². The average molecular weight is 415 g/mol. The van der Waals surface area contributed by atoms with E-state index in [0.717, 1.165) is 0 Å². The summed E-state index contributed by atoms with van der Waals surface area (Å²) in [7, 11) is 0. The Morgan fingerprint density at radius 2 is 1.83 bits per heavy atom. The van der Waals surface area contributed by atoms with Crippen molar-refractivity contribution in [3.05, 3.63) is 53.1 Å². The lowest BCUT2D eigenvalue weighted by atomic mass is 9.86. The average Bonchev–Trinajstić information content (AvgIpc) is 3.06. The zero-order valence-corrected chi connectivity index (χ0v) is 16.8. The van der Waals surface area contributed by atoms with Crippen LogP contribution in [0.1, 0.15) is 37.2 Å². The Bertz CT molecular complexity index is 1120. The smallest absolute Gasteiger partial charge is 0.335 e. The number of halogens is 1. The molecule has 8 nitrogen and oxygen atoms in total. The Kier molecular flexibility index (Phi) is 5.39. The fraction of sp³-hybridized carbons (Fsp3) is 0.250. The number of carboxylic acid groups (broad SMARTS) is 1. The molecule has 29 heavy (non-hydrogen) atoms. The number of rotatable bonds is 5. The highest BCUT2D eigenvalue weighted by Crippen LogP contribution is 2.29. The molecule has 0 spiro atoms. The fourth-order valence-electron chi connectivity index (χ4n) is 2.78. The van der Waals surface area contributed by atoms with E-state index in [2.05, 4.69) is 15.6 Å². The van der Waals surface area contributed by atoms with Gasteiger partial charge in [-0.25, -0.2) is 9.48 Å². The van der Waals surface area contributed by atoms with Gasteiger partial charge in [0.15, 0.2) is 11.8 Å². The second-order valence-corrected chi connectivity index (χ2v) is 7.94. The number of Topliss-reactive ketones (excluding diaryl/α,β-unsaturated/α-hetero) is 1. The Morgan fingerprint density at radius 3 is 2.48 bits per heavy atom. The lowest BCUT2D eigenvalue weighted by molar-refractivity contribution is -0.135. The minimum absolute atomic E-state index is 0.0467. The number of hydrogen-bond acceptors (Lipinski definition) is 5. The minimum Gasteiger partial charge on any atom is -0.478 e. The van der Waals surface area contributed by atoms with Crippen molar-refractivity contribution < 1.29 is 19.5 Å². The van der Waals surface area contributed by atoms with Crippen molar-refractivity contribution in [3.8, 4) is 0 Å². The number of aromatic nitrogens is 3. The summed E-state index contributed by atoms with van der Waals surface area (Å²) in [6.07, 6.45) is 0. The predicted molar refractivity (Wildman–Crippen MR) is 108 cm³/mol. The summed E-state index contributed by atoms with van der Waals surface area (Å²) in [6, 6.07) is 9.58.